The summed E-state index contributed by atoms with van der Waals surface area (Å²) < 4.78 is 14.6. The maximum atomic E-state index is 13.4. The fraction of sp³-hybridized carbons (Fsp3) is 0.333. The van der Waals surface area contributed by atoms with Crippen LogP contribution in [0.1, 0.15) is 5.69 Å². The van der Waals surface area contributed by atoms with Gasteiger partial charge >= 0.3 is 0 Å². The standard InChI is InChI=1S/C9H9ClFN5O/c10-9(5-17,16-6-13-14-15-16)4-8-7(11)2-1-3-12-8/h1-3,6,17H,4-5H2. The van der Waals surface area contributed by atoms with E-state index in [2.05, 4.69) is 20.5 Å². The molecule has 0 saturated carbocycles. The van der Waals surface area contributed by atoms with Gasteiger partial charge in [-0.2, -0.15) is 0 Å². The first-order chi connectivity index (χ1) is 8.15. The molecule has 0 fully saturated rings. The third-order valence-corrected chi connectivity index (χ3v) is 2.70. The van der Waals surface area contributed by atoms with E-state index in [0.29, 0.717) is 0 Å². The van der Waals surface area contributed by atoms with Crippen LogP contribution >= 0.6 is 11.6 Å². The number of hydrogen-bond acceptors (Lipinski definition) is 5. The maximum Gasteiger partial charge on any atom is 0.167 e. The average molecular weight is 258 g/mol. The molecule has 0 spiro atoms. The van der Waals surface area contributed by atoms with Crippen molar-refractivity contribution < 1.29 is 9.50 Å². The lowest BCUT2D eigenvalue weighted by Crippen LogP contribution is -2.35. The Morgan fingerprint density at radius 3 is 2.94 bits per heavy atom. The minimum absolute atomic E-state index is 0.0250. The van der Waals surface area contributed by atoms with E-state index < -0.39 is 17.4 Å². The molecule has 2 aromatic heterocycles. The summed E-state index contributed by atoms with van der Waals surface area (Å²) >= 11 is 6.16. The molecular weight excluding hydrogens is 249 g/mol. The number of aromatic nitrogens is 5. The first kappa shape index (κ1) is 11.9. The highest BCUT2D eigenvalue weighted by Gasteiger charge is 2.32. The van der Waals surface area contributed by atoms with Gasteiger partial charge in [-0.15, -0.1) is 5.10 Å². The molecule has 1 N–H and O–H groups in total. The van der Waals surface area contributed by atoms with E-state index in [-0.39, 0.29) is 12.1 Å². The molecule has 0 aliphatic heterocycles. The molecule has 2 rings (SSSR count). The van der Waals surface area contributed by atoms with Crippen LogP contribution in [-0.4, -0.2) is 36.9 Å². The zero-order valence-corrected chi connectivity index (χ0v) is 9.42. The number of pyridine rings is 1. The lowest BCUT2D eigenvalue weighted by Gasteiger charge is -2.23. The molecule has 0 radical (unpaired) electrons. The number of tetrazole rings is 1. The zero-order valence-electron chi connectivity index (χ0n) is 8.66. The third-order valence-electron chi connectivity index (χ3n) is 2.27. The van der Waals surface area contributed by atoms with Crippen LogP contribution in [0, 0.1) is 5.82 Å². The highest BCUT2D eigenvalue weighted by Crippen LogP contribution is 2.25. The fourth-order valence-electron chi connectivity index (χ4n) is 1.36. The molecule has 6 nitrogen and oxygen atoms in total. The Morgan fingerprint density at radius 2 is 2.35 bits per heavy atom. The van der Waals surface area contributed by atoms with Gasteiger partial charge in [0.1, 0.15) is 12.1 Å². The summed E-state index contributed by atoms with van der Waals surface area (Å²) in [6.07, 6.45) is 2.68. The lowest BCUT2D eigenvalue weighted by atomic mass is 10.1. The van der Waals surface area contributed by atoms with Gasteiger partial charge in [0.25, 0.3) is 0 Å². The van der Waals surface area contributed by atoms with Gasteiger partial charge in [0, 0.05) is 12.6 Å². The van der Waals surface area contributed by atoms with Gasteiger partial charge in [-0.1, -0.05) is 11.6 Å². The number of rotatable bonds is 4. The molecule has 1 unspecified atom stereocenters. The van der Waals surface area contributed by atoms with Crippen molar-refractivity contribution in [3.8, 4) is 0 Å². The van der Waals surface area contributed by atoms with E-state index in [9.17, 15) is 9.50 Å². The summed E-state index contributed by atoms with van der Waals surface area (Å²) in [5.74, 6) is -0.487. The van der Waals surface area contributed by atoms with Crippen LogP contribution in [0.4, 0.5) is 4.39 Å². The van der Waals surface area contributed by atoms with Gasteiger partial charge in [-0.25, -0.2) is 9.07 Å². The summed E-state index contributed by atoms with van der Waals surface area (Å²) in [6, 6.07) is 2.75. The van der Waals surface area contributed by atoms with Crippen LogP contribution in [0.15, 0.2) is 24.7 Å². The molecule has 0 bridgehead atoms. The first-order valence-corrected chi connectivity index (χ1v) is 5.16. The van der Waals surface area contributed by atoms with Crippen LogP contribution in [-0.2, 0) is 11.4 Å². The van der Waals surface area contributed by atoms with E-state index in [1.807, 2.05) is 0 Å². The van der Waals surface area contributed by atoms with Crippen LogP contribution in [0.2, 0.25) is 0 Å². The molecular formula is C9H9ClFN5O. The summed E-state index contributed by atoms with van der Waals surface area (Å²) in [5, 5.41) is 19.8. The Labute approximate surface area is 101 Å². The molecule has 0 saturated heterocycles. The number of halogens is 2. The highest BCUT2D eigenvalue weighted by molar-refractivity contribution is 6.22. The molecule has 1 atom stereocenters. The Kier molecular flexibility index (Phi) is 3.30. The van der Waals surface area contributed by atoms with Crippen molar-refractivity contribution in [2.75, 3.05) is 6.61 Å². The summed E-state index contributed by atoms with van der Waals surface area (Å²) in [4.78, 5) is 2.53. The number of alkyl halides is 1. The van der Waals surface area contributed by atoms with Crippen LogP contribution in [0.5, 0.6) is 0 Å². The highest BCUT2D eigenvalue weighted by atomic mass is 35.5. The SMILES string of the molecule is OCC(Cl)(Cc1ncccc1F)n1cnnn1. The van der Waals surface area contributed by atoms with Gasteiger partial charge in [0.2, 0.25) is 0 Å². The predicted molar refractivity (Wildman–Crippen MR) is 56.6 cm³/mol. The third kappa shape index (κ3) is 2.40. The van der Waals surface area contributed by atoms with Crippen LogP contribution in [0.3, 0.4) is 0 Å². The number of hydrogen-bond donors (Lipinski definition) is 1. The van der Waals surface area contributed by atoms with Gasteiger partial charge in [0.15, 0.2) is 5.00 Å². The number of aliphatic hydroxyl groups is 1. The predicted octanol–water partition coefficient (Wildman–Crippen LogP) is 0.334. The van der Waals surface area contributed by atoms with Crippen molar-refractivity contribution >= 4 is 11.6 Å². The van der Waals surface area contributed by atoms with Crippen LogP contribution < -0.4 is 0 Å². The van der Waals surface area contributed by atoms with E-state index in [1.54, 1.807) is 0 Å². The summed E-state index contributed by atoms with van der Waals surface area (Å²) in [7, 11) is 0. The molecule has 0 aliphatic carbocycles. The first-order valence-electron chi connectivity index (χ1n) is 4.78. The second kappa shape index (κ2) is 4.72. The summed E-state index contributed by atoms with van der Waals surface area (Å²) in [6.45, 7) is -0.449. The van der Waals surface area contributed by atoms with Crippen molar-refractivity contribution in [3.63, 3.8) is 0 Å². The smallest absolute Gasteiger partial charge is 0.167 e. The van der Waals surface area contributed by atoms with E-state index >= 15 is 0 Å². The molecule has 0 aromatic carbocycles. The molecule has 0 aliphatic rings. The van der Waals surface area contributed by atoms with Crippen molar-refractivity contribution in [2.45, 2.75) is 11.4 Å². The lowest BCUT2D eigenvalue weighted by molar-refractivity contribution is 0.183. The van der Waals surface area contributed by atoms with Gasteiger partial charge in [0.05, 0.1) is 12.3 Å². The van der Waals surface area contributed by atoms with Gasteiger partial charge in [-0.3, -0.25) is 4.98 Å². The average Bonchev–Trinajstić information content (AvgIpc) is 2.86. The van der Waals surface area contributed by atoms with Crippen molar-refractivity contribution in [1.29, 1.82) is 0 Å². The fourth-order valence-corrected chi connectivity index (χ4v) is 1.56. The summed E-state index contributed by atoms with van der Waals surface area (Å²) in [5.41, 5.74) is 0.145. The van der Waals surface area contributed by atoms with Gasteiger partial charge < -0.3 is 5.11 Å². The number of aliphatic hydroxyl groups excluding tert-OH is 1. The minimum atomic E-state index is -1.33. The van der Waals surface area contributed by atoms with E-state index in [1.165, 1.54) is 29.3 Å². The van der Waals surface area contributed by atoms with Crippen molar-refractivity contribution in [3.05, 3.63) is 36.2 Å². The topological polar surface area (TPSA) is 76.7 Å². The Morgan fingerprint density at radius 1 is 1.53 bits per heavy atom. The number of nitrogens with zero attached hydrogens (tertiary/aromatic N) is 5. The quantitative estimate of drug-likeness (QED) is 0.799. The van der Waals surface area contributed by atoms with E-state index in [4.69, 9.17) is 11.6 Å². The second-order valence-corrected chi connectivity index (χ2v) is 4.14. The van der Waals surface area contributed by atoms with Crippen LogP contribution in [0.25, 0.3) is 0 Å². The molecule has 2 heterocycles. The Bertz CT molecular complexity index is 494. The maximum absolute atomic E-state index is 13.4. The largest absolute Gasteiger partial charge is 0.393 e. The molecule has 8 heteroatoms. The van der Waals surface area contributed by atoms with Crippen molar-refractivity contribution in [2.24, 2.45) is 0 Å². The second-order valence-electron chi connectivity index (χ2n) is 3.44. The normalized spacial score (nSPS) is 14.5. The molecule has 0 amide bonds. The molecule has 17 heavy (non-hydrogen) atoms. The molecule has 90 valence electrons. The van der Waals surface area contributed by atoms with E-state index in [0.717, 1.165) is 0 Å². The minimum Gasteiger partial charge on any atom is -0.393 e. The Hall–Kier alpha value is -1.60. The monoisotopic (exact) mass is 257 g/mol. The van der Waals surface area contributed by atoms with Crippen molar-refractivity contribution in [1.82, 2.24) is 25.2 Å². The Balaban J connectivity index is 2.30. The molecule has 2 aromatic rings. The zero-order chi connectivity index (χ0) is 12.3. The van der Waals surface area contributed by atoms with Gasteiger partial charge in [-0.05, 0) is 22.6 Å².